The predicted molar refractivity (Wildman–Crippen MR) is 98.6 cm³/mol. The van der Waals surface area contributed by atoms with Crippen LogP contribution in [0.5, 0.6) is 0 Å². The van der Waals surface area contributed by atoms with E-state index in [1.807, 2.05) is 12.1 Å². The van der Waals surface area contributed by atoms with Crippen molar-refractivity contribution in [2.24, 2.45) is 5.92 Å². The molecule has 2 aliphatic rings. The minimum Gasteiger partial charge on any atom is -0.379 e. The molecule has 1 amide bonds. The summed E-state index contributed by atoms with van der Waals surface area (Å²) in [6, 6.07) is 4.03. The number of halogens is 1. The fourth-order valence-electron chi connectivity index (χ4n) is 3.58. The van der Waals surface area contributed by atoms with Crippen molar-refractivity contribution in [1.82, 2.24) is 19.8 Å². The van der Waals surface area contributed by atoms with Crippen LogP contribution in [0.4, 0.5) is 0 Å². The van der Waals surface area contributed by atoms with Crippen LogP contribution in [0.25, 0.3) is 0 Å². The van der Waals surface area contributed by atoms with E-state index in [1.165, 1.54) is 17.3 Å². The number of carbonyl (C=O) groups excluding carboxylic acids is 1. The Bertz CT molecular complexity index is 854. The number of carbonyl (C=O) groups is 1. The van der Waals surface area contributed by atoms with Gasteiger partial charge in [0.15, 0.2) is 5.69 Å². The monoisotopic (exact) mass is 394 g/mol. The number of rotatable bonds is 3. The molecule has 0 unspecified atom stereocenters. The fraction of sp³-hybridized carbons (Fsp3) is 0.471. The first-order valence-electron chi connectivity index (χ1n) is 8.49. The van der Waals surface area contributed by atoms with Crippen LogP contribution in [0.3, 0.4) is 0 Å². The molecular weight excluding hydrogens is 376 g/mol. The molecule has 26 heavy (non-hydrogen) atoms. The summed E-state index contributed by atoms with van der Waals surface area (Å²) >= 11 is 7.63. The van der Waals surface area contributed by atoms with E-state index < -0.39 is 5.56 Å². The molecule has 2 bridgehead atoms. The number of thiophene rings is 1. The number of ether oxygens (including phenoxy) is 1. The molecule has 1 N–H and O–H groups in total. The Balaban J connectivity index is 1.55. The van der Waals surface area contributed by atoms with Crippen molar-refractivity contribution >= 4 is 28.8 Å². The van der Waals surface area contributed by atoms with Gasteiger partial charge in [-0.3, -0.25) is 14.5 Å². The standard InChI is InChI=1S/C17H19ClN4O3S/c18-14-2-1-13(26-14)8-21-5-11-6-22(7-12(21)10-25-9-11)17(24)15-16(23)20-4-3-19-15/h1-4,11-12H,5-10H2,(H,20,23)/t11-,12+/m1/s1. The highest BCUT2D eigenvalue weighted by Crippen LogP contribution is 2.27. The van der Waals surface area contributed by atoms with Gasteiger partial charge in [-0.1, -0.05) is 11.6 Å². The highest BCUT2D eigenvalue weighted by molar-refractivity contribution is 7.16. The van der Waals surface area contributed by atoms with Crippen LogP contribution in [0.15, 0.2) is 29.3 Å². The first kappa shape index (κ1) is 17.7. The molecule has 2 saturated heterocycles. The van der Waals surface area contributed by atoms with Crippen LogP contribution in [0.1, 0.15) is 15.4 Å². The van der Waals surface area contributed by atoms with Gasteiger partial charge in [0.1, 0.15) is 0 Å². The van der Waals surface area contributed by atoms with Crippen LogP contribution in [-0.4, -0.2) is 64.6 Å². The Morgan fingerprint density at radius 3 is 3.00 bits per heavy atom. The van der Waals surface area contributed by atoms with Gasteiger partial charge in [-0.05, 0) is 12.1 Å². The maximum Gasteiger partial charge on any atom is 0.279 e. The average Bonchev–Trinajstić information content (AvgIpc) is 2.82. The quantitative estimate of drug-likeness (QED) is 0.852. The Kier molecular flexibility index (Phi) is 5.08. The number of aromatic nitrogens is 2. The number of amides is 1. The highest BCUT2D eigenvalue weighted by Gasteiger charge is 2.36. The fourth-order valence-corrected chi connectivity index (χ4v) is 4.69. The molecule has 9 heteroatoms. The summed E-state index contributed by atoms with van der Waals surface area (Å²) in [6.45, 7) is 3.90. The number of hydrogen-bond acceptors (Lipinski definition) is 6. The third kappa shape index (κ3) is 3.68. The molecular formula is C17H19ClN4O3S. The zero-order chi connectivity index (χ0) is 18.1. The Morgan fingerprint density at radius 2 is 2.23 bits per heavy atom. The Morgan fingerprint density at radius 1 is 1.35 bits per heavy atom. The summed E-state index contributed by atoms with van der Waals surface area (Å²) in [5.41, 5.74) is -0.502. The molecule has 2 atom stereocenters. The molecule has 4 rings (SSSR count). The molecule has 4 heterocycles. The Labute approximate surface area is 159 Å². The second-order valence-electron chi connectivity index (χ2n) is 6.67. The maximum atomic E-state index is 12.8. The highest BCUT2D eigenvalue weighted by atomic mass is 35.5. The molecule has 0 saturated carbocycles. The number of hydrogen-bond donors (Lipinski definition) is 1. The summed E-state index contributed by atoms with van der Waals surface area (Å²) in [5, 5.41) is 0. The van der Waals surface area contributed by atoms with Crippen molar-refractivity contribution in [3.8, 4) is 0 Å². The van der Waals surface area contributed by atoms with Gasteiger partial charge in [-0.25, -0.2) is 4.98 Å². The summed E-state index contributed by atoms with van der Waals surface area (Å²) in [4.78, 5) is 36.6. The van der Waals surface area contributed by atoms with Crippen molar-refractivity contribution < 1.29 is 9.53 Å². The lowest BCUT2D eigenvalue weighted by Crippen LogP contribution is -2.46. The molecule has 2 fully saturated rings. The molecule has 0 spiro atoms. The number of nitrogens with zero attached hydrogens (tertiary/aromatic N) is 3. The van der Waals surface area contributed by atoms with E-state index in [1.54, 1.807) is 16.2 Å². The lowest BCUT2D eigenvalue weighted by atomic mass is 10.1. The second-order valence-corrected chi connectivity index (χ2v) is 8.47. The van der Waals surface area contributed by atoms with Crippen LogP contribution in [-0.2, 0) is 11.3 Å². The van der Waals surface area contributed by atoms with Gasteiger partial charge in [0, 0.05) is 49.4 Å². The van der Waals surface area contributed by atoms with Gasteiger partial charge in [0.05, 0.1) is 23.6 Å². The molecule has 138 valence electrons. The van der Waals surface area contributed by atoms with Gasteiger partial charge < -0.3 is 14.6 Å². The first-order valence-corrected chi connectivity index (χ1v) is 9.68. The summed E-state index contributed by atoms with van der Waals surface area (Å²) in [6.07, 6.45) is 2.86. The summed E-state index contributed by atoms with van der Waals surface area (Å²) in [5.74, 6) is -0.116. The van der Waals surface area contributed by atoms with Crippen LogP contribution in [0.2, 0.25) is 4.34 Å². The summed E-state index contributed by atoms with van der Waals surface area (Å²) < 4.78 is 6.58. The second kappa shape index (κ2) is 7.48. The van der Waals surface area contributed by atoms with E-state index in [-0.39, 0.29) is 23.6 Å². The zero-order valence-corrected chi connectivity index (χ0v) is 15.6. The Hall–Kier alpha value is -1.74. The molecule has 2 aromatic rings. The van der Waals surface area contributed by atoms with E-state index in [9.17, 15) is 9.59 Å². The van der Waals surface area contributed by atoms with Crippen LogP contribution < -0.4 is 5.56 Å². The van der Waals surface area contributed by atoms with Gasteiger partial charge in [0.25, 0.3) is 11.5 Å². The number of nitrogens with one attached hydrogen (secondary N) is 1. The molecule has 0 aliphatic carbocycles. The molecule has 0 aromatic carbocycles. The van der Waals surface area contributed by atoms with E-state index in [2.05, 4.69) is 14.9 Å². The predicted octanol–water partition coefficient (Wildman–Crippen LogP) is 1.46. The average molecular weight is 395 g/mol. The van der Waals surface area contributed by atoms with E-state index in [4.69, 9.17) is 16.3 Å². The lowest BCUT2D eigenvalue weighted by molar-refractivity contribution is 0.0402. The van der Waals surface area contributed by atoms with Crippen molar-refractivity contribution in [2.75, 3.05) is 32.8 Å². The number of fused-ring (bicyclic) bond motifs is 3. The van der Waals surface area contributed by atoms with Crippen LogP contribution in [0, 0.1) is 5.92 Å². The van der Waals surface area contributed by atoms with Gasteiger partial charge in [-0.2, -0.15) is 0 Å². The van der Waals surface area contributed by atoms with Crippen molar-refractivity contribution in [3.63, 3.8) is 0 Å². The lowest BCUT2D eigenvalue weighted by Gasteiger charge is -2.30. The largest absolute Gasteiger partial charge is 0.379 e. The minimum atomic E-state index is -0.451. The zero-order valence-electron chi connectivity index (χ0n) is 14.1. The number of aromatic amines is 1. The molecule has 2 aromatic heterocycles. The SMILES string of the molecule is O=C(c1ncc[nH]c1=O)N1C[C@@H]2COC[C@H](C1)N(Cc1ccc(Cl)s1)C2. The molecule has 2 aliphatic heterocycles. The first-order chi connectivity index (χ1) is 12.6. The normalized spacial score (nSPS) is 23.7. The minimum absolute atomic E-state index is 0.0509. The van der Waals surface area contributed by atoms with Gasteiger partial charge in [-0.15, -0.1) is 11.3 Å². The van der Waals surface area contributed by atoms with Crippen LogP contribution >= 0.6 is 22.9 Å². The van der Waals surface area contributed by atoms with Gasteiger partial charge >= 0.3 is 0 Å². The van der Waals surface area contributed by atoms with Crippen molar-refractivity contribution in [1.29, 1.82) is 0 Å². The summed E-state index contributed by atoms with van der Waals surface area (Å²) in [7, 11) is 0. The third-order valence-electron chi connectivity index (χ3n) is 4.77. The van der Waals surface area contributed by atoms with E-state index in [0.717, 1.165) is 17.4 Å². The topological polar surface area (TPSA) is 78.5 Å². The maximum absolute atomic E-state index is 12.8. The van der Waals surface area contributed by atoms with Gasteiger partial charge in [0.2, 0.25) is 0 Å². The van der Waals surface area contributed by atoms with E-state index >= 15 is 0 Å². The number of H-pyrrole nitrogens is 1. The van der Waals surface area contributed by atoms with Crippen molar-refractivity contribution in [2.45, 2.75) is 12.6 Å². The third-order valence-corrected chi connectivity index (χ3v) is 5.98. The molecule has 7 nitrogen and oxygen atoms in total. The smallest absolute Gasteiger partial charge is 0.279 e. The van der Waals surface area contributed by atoms with Crippen molar-refractivity contribution in [3.05, 3.63) is 49.8 Å². The van der Waals surface area contributed by atoms with E-state index in [0.29, 0.717) is 26.3 Å². The molecule has 0 radical (unpaired) electrons.